The number of anilines is 1. The van der Waals surface area contributed by atoms with Gasteiger partial charge in [0.2, 0.25) is 5.91 Å². The monoisotopic (exact) mass is 385 g/mol. The van der Waals surface area contributed by atoms with Crippen LogP contribution >= 0.6 is 11.6 Å². The van der Waals surface area contributed by atoms with Crippen LogP contribution in [0.25, 0.3) is 0 Å². The molecule has 27 heavy (non-hydrogen) atoms. The number of aryl methyl sites for hydroxylation is 1. The highest BCUT2D eigenvalue weighted by Gasteiger charge is 2.38. The fraction of sp³-hybridized carbons (Fsp3) is 0.250. The smallest absolute Gasteiger partial charge is 0.325 e. The summed E-state index contributed by atoms with van der Waals surface area (Å²) in [6.45, 7) is 1.45. The van der Waals surface area contributed by atoms with Crippen LogP contribution in [0.4, 0.5) is 10.5 Å². The van der Waals surface area contributed by atoms with Gasteiger partial charge < -0.3 is 10.6 Å². The molecule has 7 heteroatoms. The van der Waals surface area contributed by atoms with Crippen LogP contribution in [-0.4, -0.2) is 35.3 Å². The second kappa shape index (κ2) is 8.22. The molecule has 0 aliphatic carbocycles. The van der Waals surface area contributed by atoms with Crippen molar-refractivity contribution in [2.75, 3.05) is 11.9 Å². The molecule has 1 saturated heterocycles. The molecular formula is C20H20ClN3O3. The molecule has 2 aromatic rings. The van der Waals surface area contributed by atoms with E-state index in [1.165, 1.54) is 0 Å². The molecule has 1 aliphatic rings. The van der Waals surface area contributed by atoms with Gasteiger partial charge in [-0.15, -0.1) is 0 Å². The molecule has 140 valence electrons. The molecular weight excluding hydrogens is 366 g/mol. The Labute approximate surface area is 162 Å². The van der Waals surface area contributed by atoms with Crippen LogP contribution in [0.1, 0.15) is 17.5 Å². The number of amides is 4. The molecule has 1 heterocycles. The van der Waals surface area contributed by atoms with Gasteiger partial charge in [0.25, 0.3) is 5.91 Å². The number of hydrogen-bond acceptors (Lipinski definition) is 3. The number of urea groups is 1. The van der Waals surface area contributed by atoms with E-state index < -0.39 is 18.0 Å². The number of carbonyl (C=O) groups is 3. The third-order valence-electron chi connectivity index (χ3n) is 4.51. The lowest BCUT2D eigenvalue weighted by molar-refractivity contribution is -0.130. The van der Waals surface area contributed by atoms with Crippen LogP contribution < -0.4 is 10.6 Å². The lowest BCUT2D eigenvalue weighted by Gasteiger charge is -2.14. The molecule has 0 unspecified atom stereocenters. The number of benzene rings is 2. The minimum Gasteiger partial charge on any atom is -0.326 e. The highest BCUT2D eigenvalue weighted by atomic mass is 35.5. The van der Waals surface area contributed by atoms with E-state index in [0.29, 0.717) is 23.6 Å². The van der Waals surface area contributed by atoms with Crippen molar-refractivity contribution in [2.45, 2.75) is 25.8 Å². The van der Waals surface area contributed by atoms with Crippen molar-refractivity contribution < 1.29 is 14.4 Å². The van der Waals surface area contributed by atoms with Crippen LogP contribution in [0, 0.1) is 6.92 Å². The first-order valence-corrected chi connectivity index (χ1v) is 9.04. The number of nitrogens with zero attached hydrogens (tertiary/aromatic N) is 1. The van der Waals surface area contributed by atoms with Gasteiger partial charge in [-0.1, -0.05) is 48.0 Å². The normalized spacial score (nSPS) is 16.4. The molecule has 2 N–H and O–H groups in total. The Bertz CT molecular complexity index is 870. The third-order valence-corrected chi connectivity index (χ3v) is 4.92. The zero-order valence-electron chi connectivity index (χ0n) is 14.9. The van der Waals surface area contributed by atoms with Gasteiger partial charge in [0.05, 0.1) is 0 Å². The van der Waals surface area contributed by atoms with Gasteiger partial charge in [-0.2, -0.15) is 0 Å². The lowest BCUT2D eigenvalue weighted by Crippen LogP contribution is -2.38. The molecule has 0 saturated carbocycles. The summed E-state index contributed by atoms with van der Waals surface area (Å²) in [4.78, 5) is 37.8. The SMILES string of the molecule is Cc1c(Cl)cccc1NC(=O)CN1C(=O)N[C@@H](CCc2ccccc2)C1=O. The zero-order chi connectivity index (χ0) is 19.4. The predicted octanol–water partition coefficient (Wildman–Crippen LogP) is 3.14. The van der Waals surface area contributed by atoms with Gasteiger partial charge >= 0.3 is 6.03 Å². The maximum Gasteiger partial charge on any atom is 0.325 e. The Balaban J connectivity index is 1.58. The maximum atomic E-state index is 12.5. The molecule has 4 amide bonds. The van der Waals surface area contributed by atoms with E-state index in [9.17, 15) is 14.4 Å². The van der Waals surface area contributed by atoms with Crippen molar-refractivity contribution in [3.05, 3.63) is 64.7 Å². The molecule has 0 spiro atoms. The second-order valence-electron chi connectivity index (χ2n) is 6.41. The Morgan fingerprint density at radius 1 is 1.15 bits per heavy atom. The van der Waals surface area contributed by atoms with Gasteiger partial charge in [0.1, 0.15) is 12.6 Å². The third kappa shape index (κ3) is 4.46. The quantitative estimate of drug-likeness (QED) is 0.750. The van der Waals surface area contributed by atoms with Gasteiger partial charge in [-0.05, 0) is 43.0 Å². The van der Waals surface area contributed by atoms with E-state index in [2.05, 4.69) is 10.6 Å². The van der Waals surface area contributed by atoms with Gasteiger partial charge in [-0.3, -0.25) is 14.5 Å². The van der Waals surface area contributed by atoms with E-state index in [0.717, 1.165) is 16.0 Å². The summed E-state index contributed by atoms with van der Waals surface area (Å²) in [5.74, 6) is -0.832. The average Bonchev–Trinajstić information content (AvgIpc) is 2.92. The van der Waals surface area contributed by atoms with E-state index in [1.54, 1.807) is 25.1 Å². The highest BCUT2D eigenvalue weighted by Crippen LogP contribution is 2.23. The van der Waals surface area contributed by atoms with Gasteiger partial charge in [0, 0.05) is 10.7 Å². The van der Waals surface area contributed by atoms with Crippen LogP contribution in [-0.2, 0) is 16.0 Å². The summed E-state index contributed by atoms with van der Waals surface area (Å²) >= 11 is 6.04. The molecule has 6 nitrogen and oxygen atoms in total. The zero-order valence-corrected chi connectivity index (χ0v) is 15.6. The first-order valence-electron chi connectivity index (χ1n) is 8.66. The van der Waals surface area contributed by atoms with Crippen LogP contribution in [0.15, 0.2) is 48.5 Å². The molecule has 1 atom stereocenters. The Hall–Kier alpha value is -2.86. The van der Waals surface area contributed by atoms with E-state index in [1.807, 2.05) is 30.3 Å². The maximum absolute atomic E-state index is 12.5. The number of rotatable bonds is 6. The van der Waals surface area contributed by atoms with Gasteiger partial charge in [0.15, 0.2) is 0 Å². The van der Waals surface area contributed by atoms with E-state index >= 15 is 0 Å². The summed E-state index contributed by atoms with van der Waals surface area (Å²) < 4.78 is 0. The van der Waals surface area contributed by atoms with Crippen molar-refractivity contribution in [1.29, 1.82) is 0 Å². The van der Waals surface area contributed by atoms with E-state index in [-0.39, 0.29) is 12.5 Å². The first kappa shape index (κ1) is 18.9. The standard InChI is InChI=1S/C20H20ClN3O3/c1-13-15(21)8-5-9-16(13)22-18(25)12-24-19(26)17(23-20(24)27)11-10-14-6-3-2-4-7-14/h2-9,17H,10-12H2,1H3,(H,22,25)(H,23,27)/t17-/m0/s1. The number of hydrogen-bond donors (Lipinski definition) is 2. The number of imide groups is 1. The number of carbonyl (C=O) groups excluding carboxylic acids is 3. The molecule has 2 aromatic carbocycles. The fourth-order valence-electron chi connectivity index (χ4n) is 2.95. The number of nitrogens with one attached hydrogen (secondary N) is 2. The molecule has 0 aromatic heterocycles. The molecule has 1 aliphatic heterocycles. The van der Waals surface area contributed by atoms with Crippen LogP contribution in [0.5, 0.6) is 0 Å². The van der Waals surface area contributed by atoms with Crippen molar-refractivity contribution in [2.24, 2.45) is 0 Å². The summed E-state index contributed by atoms with van der Waals surface area (Å²) in [6.07, 6.45) is 1.15. The van der Waals surface area contributed by atoms with Crippen LogP contribution in [0.2, 0.25) is 5.02 Å². The van der Waals surface area contributed by atoms with Gasteiger partial charge in [-0.25, -0.2) is 4.79 Å². The van der Waals surface area contributed by atoms with Crippen molar-refractivity contribution in [1.82, 2.24) is 10.2 Å². The summed E-state index contributed by atoms with van der Waals surface area (Å²) in [6, 6.07) is 13.7. The Kier molecular flexibility index (Phi) is 5.76. The van der Waals surface area contributed by atoms with Crippen molar-refractivity contribution in [3.8, 4) is 0 Å². The summed E-state index contributed by atoms with van der Waals surface area (Å²) in [7, 11) is 0. The predicted molar refractivity (Wildman–Crippen MR) is 104 cm³/mol. The second-order valence-corrected chi connectivity index (χ2v) is 6.82. The molecule has 3 rings (SSSR count). The fourth-order valence-corrected chi connectivity index (χ4v) is 3.13. The van der Waals surface area contributed by atoms with Crippen molar-refractivity contribution >= 4 is 35.1 Å². The van der Waals surface area contributed by atoms with Crippen molar-refractivity contribution in [3.63, 3.8) is 0 Å². The van der Waals surface area contributed by atoms with E-state index in [4.69, 9.17) is 11.6 Å². The first-order chi connectivity index (χ1) is 13.0. The molecule has 0 radical (unpaired) electrons. The highest BCUT2D eigenvalue weighted by molar-refractivity contribution is 6.31. The Morgan fingerprint density at radius 2 is 1.89 bits per heavy atom. The minimum atomic E-state index is -0.613. The Morgan fingerprint density at radius 3 is 2.63 bits per heavy atom. The summed E-state index contributed by atoms with van der Waals surface area (Å²) in [5.41, 5.74) is 2.37. The summed E-state index contributed by atoms with van der Waals surface area (Å²) in [5, 5.41) is 5.88. The lowest BCUT2D eigenvalue weighted by atomic mass is 10.1. The topological polar surface area (TPSA) is 78.5 Å². The minimum absolute atomic E-state index is 0.335. The number of halogens is 1. The molecule has 1 fully saturated rings. The largest absolute Gasteiger partial charge is 0.326 e. The molecule has 0 bridgehead atoms. The van der Waals surface area contributed by atoms with Crippen LogP contribution in [0.3, 0.4) is 0 Å². The average molecular weight is 386 g/mol.